The van der Waals surface area contributed by atoms with E-state index in [0.29, 0.717) is 13.2 Å². The summed E-state index contributed by atoms with van der Waals surface area (Å²) in [7, 11) is -2.80. The minimum Gasteiger partial charge on any atom is -0.394 e. The molecule has 0 spiro atoms. The molecule has 40 heavy (non-hydrogen) atoms. The number of rotatable bonds is 25. The Morgan fingerprint density at radius 1 is 0.425 bits per heavy atom. The van der Waals surface area contributed by atoms with Gasteiger partial charge in [-0.2, -0.15) is 0 Å². The van der Waals surface area contributed by atoms with Crippen LogP contribution >= 0.6 is 0 Å². The Balaban J connectivity index is 5.11. The summed E-state index contributed by atoms with van der Waals surface area (Å²) >= 11 is 0. The molecule has 0 aromatic heterocycles. The first-order chi connectivity index (χ1) is 18.6. The molecule has 0 rings (SSSR count). The van der Waals surface area contributed by atoms with E-state index in [2.05, 4.69) is 83.1 Å². The molecule has 0 aromatic rings. The third-order valence-corrected chi connectivity index (χ3v) is 21.1. The summed E-state index contributed by atoms with van der Waals surface area (Å²) in [6.45, 7) is 29.6. The molecule has 0 amide bonds. The number of aliphatic hydroxyl groups excluding tert-OH is 2. The highest BCUT2D eigenvalue weighted by atomic mass is 28.3. The summed E-state index contributed by atoms with van der Waals surface area (Å²) < 4.78 is 12.4. The Morgan fingerprint density at radius 2 is 0.650 bits per heavy atom. The van der Waals surface area contributed by atoms with Crippen LogP contribution in [-0.4, -0.2) is 65.0 Å². The van der Waals surface area contributed by atoms with Gasteiger partial charge in [-0.3, -0.25) is 0 Å². The molecule has 0 aliphatic carbocycles. The summed E-state index contributed by atoms with van der Waals surface area (Å²) in [5, 5.41) is 20.3. The lowest BCUT2D eigenvalue weighted by molar-refractivity contribution is -0.109. The van der Waals surface area contributed by atoms with E-state index in [1.165, 1.54) is 48.4 Å². The maximum Gasteiger partial charge on any atom is 0.109 e. The van der Waals surface area contributed by atoms with Gasteiger partial charge in [0.15, 0.2) is 0 Å². The number of ether oxygens (including phenoxy) is 2. The van der Waals surface area contributed by atoms with Gasteiger partial charge in [0.25, 0.3) is 0 Å². The van der Waals surface area contributed by atoms with Crippen molar-refractivity contribution in [2.24, 2.45) is 35.5 Å². The summed E-state index contributed by atoms with van der Waals surface area (Å²) in [5.74, 6) is 4.45. The number of hydrogen-bond donors (Lipinski definition) is 2. The normalized spacial score (nSPS) is 15.0. The highest BCUT2D eigenvalue weighted by Gasteiger charge is 2.36. The van der Waals surface area contributed by atoms with Gasteiger partial charge in [-0.1, -0.05) is 131 Å². The quantitative estimate of drug-likeness (QED) is 0.0807. The maximum atomic E-state index is 10.1. The van der Waals surface area contributed by atoms with Crippen LogP contribution in [0.1, 0.15) is 95.9 Å². The molecular weight excluding hydrogens is 529 g/mol. The SMILES string of the molecule is CC(C)C[Si](CCCO[C@@H](CO)[C@@H](CO)OCCC[Si](CC(C)C)(CC(C)C)CC(C)C)(CC(C)C)CC(C)C. The predicted molar refractivity (Wildman–Crippen MR) is 182 cm³/mol. The van der Waals surface area contributed by atoms with Gasteiger partial charge in [0, 0.05) is 13.2 Å². The number of aliphatic hydroxyl groups is 2. The lowest BCUT2D eigenvalue weighted by Gasteiger charge is -2.37. The van der Waals surface area contributed by atoms with Crippen molar-refractivity contribution in [3.63, 3.8) is 0 Å². The Morgan fingerprint density at radius 3 is 0.825 bits per heavy atom. The van der Waals surface area contributed by atoms with Crippen LogP contribution in [0.4, 0.5) is 0 Å². The second-order valence-corrected chi connectivity index (χ2v) is 25.4. The van der Waals surface area contributed by atoms with Crippen LogP contribution in [0.15, 0.2) is 0 Å². The fraction of sp³-hybridized carbons (Fsp3) is 1.00. The van der Waals surface area contributed by atoms with E-state index < -0.39 is 28.4 Å². The summed E-state index contributed by atoms with van der Waals surface area (Å²) in [6, 6.07) is 10.9. The largest absolute Gasteiger partial charge is 0.394 e. The molecule has 0 radical (unpaired) electrons. The fourth-order valence-electron chi connectivity index (χ4n) is 8.23. The van der Waals surface area contributed by atoms with Gasteiger partial charge >= 0.3 is 0 Å². The van der Waals surface area contributed by atoms with Gasteiger partial charge in [-0.25, -0.2) is 0 Å². The zero-order valence-electron chi connectivity index (χ0n) is 29.2. The van der Waals surface area contributed by atoms with Crippen molar-refractivity contribution in [2.45, 2.75) is 156 Å². The van der Waals surface area contributed by atoms with E-state index >= 15 is 0 Å². The zero-order valence-corrected chi connectivity index (χ0v) is 31.2. The van der Waals surface area contributed by atoms with Crippen molar-refractivity contribution >= 4 is 16.1 Å². The molecule has 0 saturated heterocycles. The zero-order chi connectivity index (χ0) is 30.9. The van der Waals surface area contributed by atoms with Crippen molar-refractivity contribution in [3.8, 4) is 0 Å². The van der Waals surface area contributed by atoms with E-state index in [1.54, 1.807) is 0 Å². The van der Waals surface area contributed by atoms with Crippen molar-refractivity contribution in [1.82, 2.24) is 0 Å². The van der Waals surface area contributed by atoms with Crippen LogP contribution < -0.4 is 0 Å². The van der Waals surface area contributed by atoms with Crippen molar-refractivity contribution < 1.29 is 19.7 Å². The molecule has 6 heteroatoms. The van der Waals surface area contributed by atoms with Gasteiger partial charge in [-0.05, 0) is 48.3 Å². The summed E-state index contributed by atoms with van der Waals surface area (Å²) in [6.07, 6.45) is 1.18. The first-order valence-corrected chi connectivity index (χ1v) is 22.7. The molecule has 0 aliphatic rings. The highest BCUT2D eigenvalue weighted by Crippen LogP contribution is 2.37. The Labute approximate surface area is 253 Å². The van der Waals surface area contributed by atoms with Crippen LogP contribution in [0.3, 0.4) is 0 Å². The summed E-state index contributed by atoms with van der Waals surface area (Å²) in [5.41, 5.74) is 0. The molecule has 0 saturated carbocycles. The minimum absolute atomic E-state index is 0.107. The minimum atomic E-state index is -1.40. The Hall–Kier alpha value is 0.274. The van der Waals surface area contributed by atoms with E-state index in [4.69, 9.17) is 9.47 Å². The van der Waals surface area contributed by atoms with E-state index in [-0.39, 0.29) is 13.2 Å². The second-order valence-electron chi connectivity index (χ2n) is 16.0. The molecule has 4 nitrogen and oxygen atoms in total. The second kappa shape index (κ2) is 21.1. The number of hydrogen-bond acceptors (Lipinski definition) is 4. The van der Waals surface area contributed by atoms with Gasteiger partial charge in [-0.15, -0.1) is 0 Å². The molecule has 2 atom stereocenters. The predicted octanol–water partition coefficient (Wildman–Crippen LogP) is 9.36. The molecule has 242 valence electrons. The van der Waals surface area contributed by atoms with Crippen molar-refractivity contribution in [2.75, 3.05) is 26.4 Å². The van der Waals surface area contributed by atoms with E-state index in [0.717, 1.165) is 48.3 Å². The molecule has 0 heterocycles. The van der Waals surface area contributed by atoms with Gasteiger partial charge in [0.05, 0.1) is 29.4 Å². The van der Waals surface area contributed by atoms with Gasteiger partial charge < -0.3 is 19.7 Å². The molecule has 0 fully saturated rings. The van der Waals surface area contributed by atoms with E-state index in [9.17, 15) is 10.2 Å². The van der Waals surface area contributed by atoms with Crippen molar-refractivity contribution in [1.29, 1.82) is 0 Å². The molecule has 0 aliphatic heterocycles. The molecular formula is C34H74O4Si2. The first kappa shape index (κ1) is 40.3. The fourth-order valence-corrected chi connectivity index (χ4v) is 22.6. The van der Waals surface area contributed by atoms with Crippen LogP contribution in [0.5, 0.6) is 0 Å². The van der Waals surface area contributed by atoms with Crippen LogP contribution in [0.25, 0.3) is 0 Å². The molecule has 0 unspecified atom stereocenters. The van der Waals surface area contributed by atoms with E-state index in [1.807, 2.05) is 0 Å². The first-order valence-electron chi connectivity index (χ1n) is 17.0. The molecule has 0 bridgehead atoms. The summed E-state index contributed by atoms with van der Waals surface area (Å²) in [4.78, 5) is 0. The Kier molecular flexibility index (Phi) is 21.2. The Bertz CT molecular complexity index is 502. The smallest absolute Gasteiger partial charge is 0.109 e. The molecule has 0 aromatic carbocycles. The van der Waals surface area contributed by atoms with Crippen molar-refractivity contribution in [3.05, 3.63) is 0 Å². The third kappa shape index (κ3) is 18.1. The standard InChI is InChI=1S/C34H74O4Si2/c1-27(2)21-39(22-28(3)4,23-29(5)6)17-13-15-37-33(19-35)34(20-36)38-16-14-18-40(24-30(7)8,25-31(9)10)26-32(11)12/h27-36H,13-26H2,1-12H3/t33-,34+. The molecule has 2 N–H and O–H groups in total. The lowest BCUT2D eigenvalue weighted by atomic mass is 10.2. The monoisotopic (exact) mass is 603 g/mol. The maximum absolute atomic E-state index is 10.1. The highest BCUT2D eigenvalue weighted by molar-refractivity contribution is 6.80. The average Bonchev–Trinajstić information content (AvgIpc) is 2.77. The van der Waals surface area contributed by atoms with Crippen LogP contribution in [0.2, 0.25) is 48.4 Å². The van der Waals surface area contributed by atoms with Crippen LogP contribution in [0, 0.1) is 35.5 Å². The van der Waals surface area contributed by atoms with Gasteiger partial charge in [0.2, 0.25) is 0 Å². The van der Waals surface area contributed by atoms with Crippen LogP contribution in [-0.2, 0) is 9.47 Å². The average molecular weight is 603 g/mol. The van der Waals surface area contributed by atoms with Gasteiger partial charge in [0.1, 0.15) is 12.2 Å². The topological polar surface area (TPSA) is 58.9 Å². The third-order valence-electron chi connectivity index (χ3n) is 8.19. The lowest BCUT2D eigenvalue weighted by Crippen LogP contribution is -2.41.